The van der Waals surface area contributed by atoms with E-state index in [-0.39, 0.29) is 18.6 Å². The molecular weight excluding hydrogens is 384 g/mol. The summed E-state index contributed by atoms with van der Waals surface area (Å²) < 4.78 is 16.5. The minimum Gasteiger partial charge on any atom is -0.493 e. The van der Waals surface area contributed by atoms with E-state index in [4.69, 9.17) is 14.2 Å². The molecule has 0 bridgehead atoms. The van der Waals surface area contributed by atoms with Gasteiger partial charge in [-0.1, -0.05) is 6.07 Å². The number of carbonyl (C=O) groups is 1. The highest BCUT2D eigenvalue weighted by Crippen LogP contribution is 2.38. The second kappa shape index (κ2) is 8.86. The van der Waals surface area contributed by atoms with E-state index in [0.717, 1.165) is 29.7 Å². The van der Waals surface area contributed by atoms with Crippen LogP contribution < -0.4 is 14.2 Å². The standard InChI is InChI=1S/C22H24N4O4/c1-28-18-6-3-7-19(29-2)22(18)30-14-20(27)26-12-4-5-17(26)21-16(13-24-25-21)15-8-10-23-11-9-15/h3,6-11,13,17H,4-5,12,14H2,1-2H3,(H,24,25). The number of ether oxygens (including phenoxy) is 3. The molecule has 3 heterocycles. The van der Waals surface area contributed by atoms with Crippen molar-refractivity contribution in [2.75, 3.05) is 27.4 Å². The second-order valence-electron chi connectivity index (χ2n) is 6.96. The number of amides is 1. The number of rotatable bonds is 7. The maximum Gasteiger partial charge on any atom is 0.261 e. The van der Waals surface area contributed by atoms with Crippen LogP contribution in [-0.2, 0) is 4.79 Å². The van der Waals surface area contributed by atoms with E-state index in [2.05, 4.69) is 15.2 Å². The van der Waals surface area contributed by atoms with Gasteiger partial charge in [-0.3, -0.25) is 14.9 Å². The van der Waals surface area contributed by atoms with Gasteiger partial charge in [0.15, 0.2) is 18.1 Å². The summed E-state index contributed by atoms with van der Waals surface area (Å²) in [7, 11) is 3.11. The van der Waals surface area contributed by atoms with E-state index in [1.807, 2.05) is 23.1 Å². The molecule has 1 fully saturated rings. The smallest absolute Gasteiger partial charge is 0.261 e. The number of nitrogens with one attached hydrogen (secondary N) is 1. The molecule has 4 rings (SSSR count). The van der Waals surface area contributed by atoms with Gasteiger partial charge in [0.1, 0.15) is 0 Å². The third-order valence-corrected chi connectivity index (χ3v) is 5.29. The normalized spacial score (nSPS) is 15.8. The Kier molecular flexibility index (Phi) is 5.83. The van der Waals surface area contributed by atoms with Crippen molar-refractivity contribution in [3.8, 4) is 28.4 Å². The molecule has 1 saturated heterocycles. The van der Waals surface area contributed by atoms with Gasteiger partial charge in [0.05, 0.1) is 32.2 Å². The summed E-state index contributed by atoms with van der Waals surface area (Å²) in [5, 5.41) is 7.32. The average molecular weight is 408 g/mol. The van der Waals surface area contributed by atoms with E-state index in [1.54, 1.807) is 44.9 Å². The van der Waals surface area contributed by atoms with Gasteiger partial charge in [-0.2, -0.15) is 5.10 Å². The molecule has 8 heteroatoms. The summed E-state index contributed by atoms with van der Waals surface area (Å²) in [6, 6.07) is 9.14. The third kappa shape index (κ3) is 3.80. The number of hydrogen-bond acceptors (Lipinski definition) is 6. The quantitative estimate of drug-likeness (QED) is 0.646. The molecule has 0 spiro atoms. The van der Waals surface area contributed by atoms with E-state index in [1.165, 1.54) is 0 Å². The minimum atomic E-state index is -0.105. The first kappa shape index (κ1) is 19.8. The molecule has 1 aromatic carbocycles. The van der Waals surface area contributed by atoms with Crippen molar-refractivity contribution in [2.24, 2.45) is 0 Å². The Morgan fingerprint density at radius 3 is 2.60 bits per heavy atom. The Morgan fingerprint density at radius 2 is 1.90 bits per heavy atom. The molecule has 0 radical (unpaired) electrons. The first-order chi connectivity index (χ1) is 14.7. The van der Waals surface area contributed by atoms with Crippen LogP contribution in [-0.4, -0.2) is 53.4 Å². The highest BCUT2D eigenvalue weighted by atomic mass is 16.5. The van der Waals surface area contributed by atoms with Crippen LogP contribution in [0.3, 0.4) is 0 Å². The number of methoxy groups -OCH3 is 2. The highest BCUT2D eigenvalue weighted by Gasteiger charge is 2.33. The third-order valence-electron chi connectivity index (χ3n) is 5.29. The predicted octanol–water partition coefficient (Wildman–Crippen LogP) is 3.23. The van der Waals surface area contributed by atoms with Crippen LogP contribution in [0.15, 0.2) is 48.9 Å². The van der Waals surface area contributed by atoms with Crippen molar-refractivity contribution in [3.05, 3.63) is 54.6 Å². The van der Waals surface area contributed by atoms with Crippen LogP contribution in [0.1, 0.15) is 24.6 Å². The number of para-hydroxylation sites is 1. The average Bonchev–Trinajstić information content (AvgIpc) is 3.47. The second-order valence-corrected chi connectivity index (χ2v) is 6.96. The Balaban J connectivity index is 1.52. The van der Waals surface area contributed by atoms with Gasteiger partial charge < -0.3 is 19.1 Å². The Hall–Kier alpha value is -3.55. The summed E-state index contributed by atoms with van der Waals surface area (Å²) in [5.74, 6) is 1.37. The Labute approximate surface area is 174 Å². The van der Waals surface area contributed by atoms with Gasteiger partial charge >= 0.3 is 0 Å². The summed E-state index contributed by atoms with van der Waals surface area (Å²) in [5.41, 5.74) is 2.93. The van der Waals surface area contributed by atoms with Crippen LogP contribution in [0.25, 0.3) is 11.1 Å². The zero-order valence-electron chi connectivity index (χ0n) is 17.0. The molecule has 30 heavy (non-hydrogen) atoms. The molecule has 156 valence electrons. The topological polar surface area (TPSA) is 89.6 Å². The maximum absolute atomic E-state index is 13.0. The zero-order valence-corrected chi connectivity index (χ0v) is 17.0. The lowest BCUT2D eigenvalue weighted by Crippen LogP contribution is -2.34. The van der Waals surface area contributed by atoms with Crippen LogP contribution >= 0.6 is 0 Å². The monoisotopic (exact) mass is 408 g/mol. The fraction of sp³-hybridized carbons (Fsp3) is 0.318. The fourth-order valence-corrected chi connectivity index (χ4v) is 3.85. The van der Waals surface area contributed by atoms with Gasteiger partial charge in [0, 0.05) is 24.5 Å². The van der Waals surface area contributed by atoms with E-state index >= 15 is 0 Å². The number of pyridine rings is 1. The zero-order chi connectivity index (χ0) is 20.9. The number of carbonyl (C=O) groups excluding carboxylic acids is 1. The van der Waals surface area contributed by atoms with Gasteiger partial charge in [0.25, 0.3) is 5.91 Å². The lowest BCUT2D eigenvalue weighted by atomic mass is 10.0. The highest BCUT2D eigenvalue weighted by molar-refractivity contribution is 5.79. The molecule has 2 aromatic heterocycles. The number of aromatic nitrogens is 3. The van der Waals surface area contributed by atoms with Crippen LogP contribution in [0.4, 0.5) is 0 Å². The van der Waals surface area contributed by atoms with Crippen LogP contribution in [0.2, 0.25) is 0 Å². The number of nitrogens with zero attached hydrogens (tertiary/aromatic N) is 3. The van der Waals surface area contributed by atoms with Gasteiger partial charge in [-0.05, 0) is 42.7 Å². The molecular formula is C22H24N4O4. The Morgan fingerprint density at radius 1 is 1.17 bits per heavy atom. The first-order valence-electron chi connectivity index (χ1n) is 9.80. The molecule has 1 N–H and O–H groups in total. The molecule has 1 amide bonds. The summed E-state index contributed by atoms with van der Waals surface area (Å²) in [6.07, 6.45) is 7.07. The molecule has 8 nitrogen and oxygen atoms in total. The molecule has 0 saturated carbocycles. The summed E-state index contributed by atoms with van der Waals surface area (Å²) in [6.45, 7) is 0.566. The fourth-order valence-electron chi connectivity index (χ4n) is 3.85. The Bertz CT molecular complexity index is 983. The van der Waals surface area contributed by atoms with Crippen molar-refractivity contribution in [3.63, 3.8) is 0 Å². The summed E-state index contributed by atoms with van der Waals surface area (Å²) in [4.78, 5) is 19.0. The molecule has 1 aliphatic heterocycles. The molecule has 3 aromatic rings. The molecule has 1 atom stereocenters. The van der Waals surface area contributed by atoms with Crippen molar-refractivity contribution in [1.29, 1.82) is 0 Å². The van der Waals surface area contributed by atoms with Crippen LogP contribution in [0, 0.1) is 0 Å². The first-order valence-corrected chi connectivity index (χ1v) is 9.80. The van der Waals surface area contributed by atoms with Crippen molar-refractivity contribution in [1.82, 2.24) is 20.1 Å². The maximum atomic E-state index is 13.0. The lowest BCUT2D eigenvalue weighted by Gasteiger charge is -2.25. The molecule has 1 unspecified atom stereocenters. The molecule has 1 aliphatic rings. The largest absolute Gasteiger partial charge is 0.493 e. The molecule has 0 aliphatic carbocycles. The SMILES string of the molecule is COc1cccc(OC)c1OCC(=O)N1CCCC1c1[nH]ncc1-c1ccncc1. The van der Waals surface area contributed by atoms with Crippen LogP contribution in [0.5, 0.6) is 17.2 Å². The van der Waals surface area contributed by atoms with Gasteiger partial charge in [-0.25, -0.2) is 0 Å². The number of benzene rings is 1. The number of aromatic amines is 1. The van der Waals surface area contributed by atoms with Crippen molar-refractivity contribution in [2.45, 2.75) is 18.9 Å². The number of likely N-dealkylation sites (tertiary alicyclic amines) is 1. The van der Waals surface area contributed by atoms with E-state index in [0.29, 0.717) is 23.8 Å². The number of H-pyrrole nitrogens is 1. The van der Waals surface area contributed by atoms with Gasteiger partial charge in [-0.15, -0.1) is 0 Å². The van der Waals surface area contributed by atoms with Crippen molar-refractivity contribution < 1.29 is 19.0 Å². The predicted molar refractivity (Wildman–Crippen MR) is 111 cm³/mol. The van der Waals surface area contributed by atoms with Gasteiger partial charge in [0.2, 0.25) is 5.75 Å². The van der Waals surface area contributed by atoms with E-state index in [9.17, 15) is 4.79 Å². The number of hydrogen-bond donors (Lipinski definition) is 1. The minimum absolute atomic E-state index is 0.0775. The summed E-state index contributed by atoms with van der Waals surface area (Å²) >= 11 is 0. The lowest BCUT2D eigenvalue weighted by molar-refractivity contribution is -0.134. The van der Waals surface area contributed by atoms with E-state index < -0.39 is 0 Å². The van der Waals surface area contributed by atoms with Crippen molar-refractivity contribution >= 4 is 5.91 Å².